The van der Waals surface area contributed by atoms with Crippen molar-refractivity contribution in [2.75, 3.05) is 19.0 Å². The summed E-state index contributed by atoms with van der Waals surface area (Å²) < 4.78 is 5.16. The van der Waals surface area contributed by atoms with Gasteiger partial charge < -0.3 is 20.3 Å². The molecule has 1 aromatic carbocycles. The lowest BCUT2D eigenvalue weighted by Crippen LogP contribution is -2.16. The largest absolute Gasteiger partial charge is 0.506 e. The van der Waals surface area contributed by atoms with Gasteiger partial charge in [-0.3, -0.25) is 9.79 Å². The molecule has 0 bridgehead atoms. The summed E-state index contributed by atoms with van der Waals surface area (Å²) in [6, 6.07) is 5.16. The van der Waals surface area contributed by atoms with Gasteiger partial charge in [0.2, 0.25) is 0 Å². The fourth-order valence-electron chi connectivity index (χ4n) is 1.51. The zero-order valence-electron chi connectivity index (χ0n) is 13.6. The number of benzene rings is 1. The van der Waals surface area contributed by atoms with Gasteiger partial charge in [-0.1, -0.05) is 25.6 Å². The Labute approximate surface area is 135 Å². The van der Waals surface area contributed by atoms with E-state index in [4.69, 9.17) is 14.6 Å². The number of amidine groups is 1. The van der Waals surface area contributed by atoms with Gasteiger partial charge in [-0.2, -0.15) is 0 Å². The zero-order valence-corrected chi connectivity index (χ0v) is 14.4. The van der Waals surface area contributed by atoms with Crippen molar-refractivity contribution in [1.29, 1.82) is 0 Å². The maximum atomic E-state index is 9.81. The molecule has 0 radical (unpaired) electrons. The van der Waals surface area contributed by atoms with Crippen LogP contribution in [0.2, 0.25) is 0 Å². The minimum atomic E-state index is -0.250. The van der Waals surface area contributed by atoms with Crippen LogP contribution < -0.4 is 10.1 Å². The number of nitrogens with zero attached hydrogens (tertiary/aromatic N) is 1. The van der Waals surface area contributed by atoms with Gasteiger partial charge in [-0.05, 0) is 26.0 Å². The molecule has 22 heavy (non-hydrogen) atoms. The molecule has 0 fully saturated rings. The molecule has 1 aliphatic heterocycles. The number of nitrogens with one attached hydrogen (secondary N) is 1. The van der Waals surface area contributed by atoms with Gasteiger partial charge in [0.1, 0.15) is 11.5 Å². The Morgan fingerprint density at radius 1 is 1.41 bits per heavy atom. The first-order valence-electron chi connectivity index (χ1n) is 6.87. The van der Waals surface area contributed by atoms with Crippen LogP contribution in [-0.4, -0.2) is 40.3 Å². The predicted octanol–water partition coefficient (Wildman–Crippen LogP) is 3.42. The number of carbonyl (C=O) groups is 1. The van der Waals surface area contributed by atoms with E-state index in [2.05, 4.69) is 24.2 Å². The topological polar surface area (TPSA) is 91.1 Å². The number of hydrogen-bond acceptors (Lipinski definition) is 6. The van der Waals surface area contributed by atoms with E-state index in [-0.39, 0.29) is 17.0 Å². The Balaban J connectivity index is 0.000000789. The van der Waals surface area contributed by atoms with Crippen LogP contribution in [0, 0.1) is 0 Å². The zero-order chi connectivity index (χ0) is 17.2. The fourth-order valence-corrected chi connectivity index (χ4v) is 2.46. The molecule has 1 aromatic rings. The van der Waals surface area contributed by atoms with Gasteiger partial charge in [0.15, 0.2) is 5.17 Å². The number of ether oxygens (including phenoxy) is 1. The van der Waals surface area contributed by atoms with E-state index in [1.807, 2.05) is 13.8 Å². The molecule has 124 valence electrons. The van der Waals surface area contributed by atoms with Crippen molar-refractivity contribution in [3.05, 3.63) is 18.2 Å². The summed E-state index contributed by atoms with van der Waals surface area (Å²) in [4.78, 5) is 12.8. The van der Waals surface area contributed by atoms with Crippen LogP contribution in [0.5, 0.6) is 11.5 Å². The Bertz CT molecular complexity index is 504. The summed E-state index contributed by atoms with van der Waals surface area (Å²) in [6.45, 7) is 8.82. The molecule has 0 saturated carbocycles. The lowest BCUT2D eigenvalue weighted by molar-refractivity contribution is -0.122. The third kappa shape index (κ3) is 6.71. The number of phenols is 1. The van der Waals surface area contributed by atoms with Gasteiger partial charge in [-0.15, -0.1) is 0 Å². The maximum absolute atomic E-state index is 9.81. The first kappa shape index (κ1) is 20.1. The molecule has 0 amide bonds. The Hall–Kier alpha value is -1.89. The van der Waals surface area contributed by atoms with E-state index in [0.717, 1.165) is 11.7 Å². The summed E-state index contributed by atoms with van der Waals surface area (Å²) in [6.07, 6.45) is 0. The quantitative estimate of drug-likeness (QED) is 0.569. The molecule has 0 unspecified atom stereocenters. The fraction of sp³-hybridized carbons (Fsp3) is 0.467. The number of hydrogen-bond donors (Lipinski definition) is 3. The van der Waals surface area contributed by atoms with E-state index < -0.39 is 0 Å². The Morgan fingerprint density at radius 2 is 2.00 bits per heavy atom. The van der Waals surface area contributed by atoms with Gasteiger partial charge in [0.05, 0.1) is 19.3 Å². The molecule has 1 heterocycles. The highest BCUT2D eigenvalue weighted by molar-refractivity contribution is 8.15. The number of rotatable bonds is 2. The van der Waals surface area contributed by atoms with E-state index in [9.17, 15) is 5.11 Å². The summed E-state index contributed by atoms with van der Waals surface area (Å²) in [7, 11) is 1.57. The number of aromatic hydroxyl groups is 1. The number of thioether (sulfide) groups is 1. The van der Waals surface area contributed by atoms with Gasteiger partial charge >= 0.3 is 0 Å². The SMILES string of the molecule is CC.COc1ccc(NC2=NCC(C)(C)S2)c(O)c1.O=CO. The average molecular weight is 328 g/mol. The van der Waals surface area contributed by atoms with Crippen LogP contribution in [0.4, 0.5) is 5.69 Å². The Kier molecular flexibility index (Phi) is 9.09. The van der Waals surface area contributed by atoms with Crippen molar-refractivity contribution in [3.8, 4) is 11.5 Å². The van der Waals surface area contributed by atoms with Crippen LogP contribution in [0.3, 0.4) is 0 Å². The maximum Gasteiger partial charge on any atom is 0.290 e. The molecule has 0 aromatic heterocycles. The first-order chi connectivity index (χ1) is 10.4. The molecular formula is C15H24N2O4S. The molecule has 2 rings (SSSR count). The van der Waals surface area contributed by atoms with Gasteiger partial charge in [0.25, 0.3) is 6.47 Å². The molecular weight excluding hydrogens is 304 g/mol. The normalized spacial score (nSPS) is 14.5. The van der Waals surface area contributed by atoms with Crippen LogP contribution in [0.1, 0.15) is 27.7 Å². The minimum Gasteiger partial charge on any atom is -0.506 e. The number of carboxylic acid groups (broad SMARTS) is 1. The third-order valence-corrected chi connectivity index (χ3v) is 3.53. The standard InChI is InChI=1S/C12H16N2O2S.C2H6.CH2O2/c1-12(2)7-13-11(17-12)14-9-5-4-8(16-3)6-10(9)15;1-2;2-1-3/h4-6,15H,7H2,1-3H3,(H,13,14);1-2H3;1H,(H,2,3). The molecule has 0 spiro atoms. The highest BCUT2D eigenvalue weighted by Crippen LogP contribution is 2.34. The summed E-state index contributed by atoms with van der Waals surface area (Å²) in [5, 5.41) is 20.7. The lowest BCUT2D eigenvalue weighted by atomic mass is 10.2. The van der Waals surface area contributed by atoms with Crippen molar-refractivity contribution in [2.24, 2.45) is 4.99 Å². The van der Waals surface area contributed by atoms with E-state index in [0.29, 0.717) is 11.4 Å². The van der Waals surface area contributed by atoms with E-state index in [1.165, 1.54) is 0 Å². The number of anilines is 1. The van der Waals surface area contributed by atoms with Crippen molar-refractivity contribution >= 4 is 29.1 Å². The van der Waals surface area contributed by atoms with Crippen LogP contribution in [0.15, 0.2) is 23.2 Å². The first-order valence-corrected chi connectivity index (χ1v) is 7.69. The van der Waals surface area contributed by atoms with Crippen molar-refractivity contribution in [2.45, 2.75) is 32.4 Å². The molecule has 0 atom stereocenters. The van der Waals surface area contributed by atoms with Crippen molar-refractivity contribution in [1.82, 2.24) is 0 Å². The van der Waals surface area contributed by atoms with Crippen molar-refractivity contribution in [3.63, 3.8) is 0 Å². The highest BCUT2D eigenvalue weighted by atomic mass is 32.2. The van der Waals surface area contributed by atoms with E-state index in [1.54, 1.807) is 37.1 Å². The summed E-state index contributed by atoms with van der Waals surface area (Å²) >= 11 is 1.68. The smallest absolute Gasteiger partial charge is 0.290 e. The molecule has 6 nitrogen and oxygen atoms in total. The predicted molar refractivity (Wildman–Crippen MR) is 92.3 cm³/mol. The highest BCUT2D eigenvalue weighted by Gasteiger charge is 2.27. The van der Waals surface area contributed by atoms with Crippen LogP contribution in [0.25, 0.3) is 0 Å². The molecule has 0 saturated heterocycles. The van der Waals surface area contributed by atoms with Gasteiger partial charge in [0, 0.05) is 10.8 Å². The molecule has 3 N–H and O–H groups in total. The Morgan fingerprint density at radius 3 is 2.41 bits per heavy atom. The average Bonchev–Trinajstić information content (AvgIpc) is 2.83. The number of phenolic OH excluding ortho intramolecular Hbond substituents is 1. The van der Waals surface area contributed by atoms with Crippen molar-refractivity contribution < 1.29 is 19.7 Å². The molecule has 1 aliphatic rings. The monoisotopic (exact) mass is 328 g/mol. The second-order valence-electron chi connectivity index (χ2n) is 4.60. The van der Waals surface area contributed by atoms with Crippen LogP contribution in [-0.2, 0) is 4.79 Å². The number of aliphatic imine (C=N–C) groups is 1. The summed E-state index contributed by atoms with van der Waals surface area (Å²) in [5.74, 6) is 0.798. The van der Waals surface area contributed by atoms with E-state index >= 15 is 0 Å². The third-order valence-electron chi connectivity index (χ3n) is 2.42. The van der Waals surface area contributed by atoms with Crippen LogP contribution >= 0.6 is 11.8 Å². The minimum absolute atomic E-state index is 0.129. The second-order valence-corrected chi connectivity index (χ2v) is 6.29. The molecule has 0 aliphatic carbocycles. The number of methoxy groups -OCH3 is 1. The molecule has 7 heteroatoms. The van der Waals surface area contributed by atoms with Gasteiger partial charge in [-0.25, -0.2) is 0 Å². The summed E-state index contributed by atoms with van der Waals surface area (Å²) in [5.41, 5.74) is 0.648. The lowest BCUT2D eigenvalue weighted by Gasteiger charge is -2.14. The second kappa shape index (κ2) is 9.94.